The summed E-state index contributed by atoms with van der Waals surface area (Å²) < 4.78 is 12.5. The number of rotatable bonds is 2. The van der Waals surface area contributed by atoms with E-state index in [2.05, 4.69) is 44.9 Å². The minimum Gasteiger partial charge on any atom is -0.174 e. The topological polar surface area (TPSA) is 30.5 Å². The second-order valence-corrected chi connectivity index (χ2v) is 7.75. The van der Waals surface area contributed by atoms with Gasteiger partial charge in [0.15, 0.2) is 5.30 Å². The smallest absolute Gasteiger partial charge is 0.174 e. The van der Waals surface area contributed by atoms with Gasteiger partial charge >= 0.3 is 7.87 Å². The van der Waals surface area contributed by atoms with Crippen LogP contribution in [0.5, 0.6) is 0 Å². The molecule has 1 aliphatic heterocycles. The van der Waals surface area contributed by atoms with E-state index < -0.39 is 7.87 Å². The van der Waals surface area contributed by atoms with Gasteiger partial charge in [0, 0.05) is 7.05 Å². The van der Waals surface area contributed by atoms with Gasteiger partial charge in [0.25, 0.3) is 0 Å². The third-order valence-electron chi connectivity index (χ3n) is 3.55. The Hall–Kier alpha value is -0.470. The zero-order valence-electron chi connectivity index (χ0n) is 11.2. The third kappa shape index (κ3) is 2.02. The van der Waals surface area contributed by atoms with Crippen LogP contribution in [-0.4, -0.2) is 18.2 Å². The van der Waals surface area contributed by atoms with E-state index in [4.69, 9.17) is 9.05 Å². The molecule has 0 spiro atoms. The largest absolute Gasteiger partial charge is 0.382 e. The molecular weight excluding hydrogens is 233 g/mol. The lowest BCUT2D eigenvalue weighted by atomic mass is 9.90. The Morgan fingerprint density at radius 2 is 1.41 bits per heavy atom. The van der Waals surface area contributed by atoms with E-state index >= 15 is 0 Å². The molecule has 0 atom stereocenters. The van der Waals surface area contributed by atoms with Crippen molar-refractivity contribution in [3.63, 3.8) is 0 Å². The highest BCUT2D eigenvalue weighted by Crippen LogP contribution is 2.68. The maximum Gasteiger partial charge on any atom is 0.382 e. The van der Waals surface area contributed by atoms with Gasteiger partial charge in [0.2, 0.25) is 0 Å². The molecule has 0 bridgehead atoms. The van der Waals surface area contributed by atoms with Crippen LogP contribution in [0.1, 0.15) is 27.7 Å². The van der Waals surface area contributed by atoms with Crippen LogP contribution in [0.25, 0.3) is 0 Å². The molecule has 17 heavy (non-hydrogen) atoms. The van der Waals surface area contributed by atoms with Crippen molar-refractivity contribution in [2.45, 2.75) is 38.9 Å². The Bertz CT molecular complexity index is 387. The van der Waals surface area contributed by atoms with Crippen molar-refractivity contribution >= 4 is 13.2 Å². The molecule has 4 heteroatoms. The fraction of sp³-hybridized carbons (Fsp3) is 0.538. The standard InChI is InChI=1S/C13H21NO2P/c1-12(2)13(3,4)16-17(14-5,15-12)11-9-7-6-8-10-11/h6-10,14H,1-5H3/q+1. The Morgan fingerprint density at radius 1 is 0.941 bits per heavy atom. The highest BCUT2D eigenvalue weighted by atomic mass is 31.2. The van der Waals surface area contributed by atoms with Crippen LogP contribution in [0.3, 0.4) is 0 Å². The number of benzene rings is 1. The molecule has 3 nitrogen and oxygen atoms in total. The molecule has 1 aliphatic rings. The summed E-state index contributed by atoms with van der Waals surface area (Å²) in [5.74, 6) is 0. The van der Waals surface area contributed by atoms with E-state index in [1.165, 1.54) is 0 Å². The predicted octanol–water partition coefficient (Wildman–Crippen LogP) is 2.90. The van der Waals surface area contributed by atoms with E-state index in [9.17, 15) is 0 Å². The summed E-state index contributed by atoms with van der Waals surface area (Å²) in [5.41, 5.74) is -0.612. The van der Waals surface area contributed by atoms with Crippen LogP contribution < -0.4 is 10.4 Å². The lowest BCUT2D eigenvalue weighted by Crippen LogP contribution is -2.41. The quantitative estimate of drug-likeness (QED) is 0.823. The minimum absolute atomic E-state index is 0.306. The van der Waals surface area contributed by atoms with Crippen molar-refractivity contribution in [2.75, 3.05) is 7.05 Å². The van der Waals surface area contributed by atoms with Gasteiger partial charge in [-0.15, -0.1) is 5.09 Å². The first kappa shape index (κ1) is 13.0. The highest BCUT2D eigenvalue weighted by molar-refractivity contribution is 7.72. The van der Waals surface area contributed by atoms with Crippen LogP contribution in [0.2, 0.25) is 0 Å². The summed E-state index contributed by atoms with van der Waals surface area (Å²) >= 11 is 0. The molecule has 0 radical (unpaired) electrons. The highest BCUT2D eigenvalue weighted by Gasteiger charge is 2.66. The van der Waals surface area contributed by atoms with E-state index in [1.54, 1.807) is 0 Å². The van der Waals surface area contributed by atoms with Crippen LogP contribution in [-0.2, 0) is 9.05 Å². The van der Waals surface area contributed by atoms with E-state index in [-0.39, 0.29) is 11.2 Å². The lowest BCUT2D eigenvalue weighted by molar-refractivity contribution is 0.00578. The Labute approximate surface area is 104 Å². The van der Waals surface area contributed by atoms with Crippen LogP contribution in [0.15, 0.2) is 30.3 Å². The van der Waals surface area contributed by atoms with Gasteiger partial charge < -0.3 is 0 Å². The van der Waals surface area contributed by atoms with Gasteiger partial charge in [-0.3, -0.25) is 0 Å². The normalized spacial score (nSPS) is 24.8. The fourth-order valence-electron chi connectivity index (χ4n) is 1.83. The van der Waals surface area contributed by atoms with Gasteiger partial charge in [-0.1, -0.05) is 18.2 Å². The molecule has 1 aromatic carbocycles. The SMILES string of the molecule is CN[P+]1(c2ccccc2)OC(C)(C)C(C)(C)O1. The number of nitrogens with one attached hydrogen (secondary N) is 1. The summed E-state index contributed by atoms with van der Waals surface area (Å²) in [6.07, 6.45) is 0. The molecule has 0 saturated carbocycles. The van der Waals surface area contributed by atoms with Gasteiger partial charge in [0.1, 0.15) is 11.2 Å². The average Bonchev–Trinajstić information content (AvgIpc) is 2.47. The van der Waals surface area contributed by atoms with Crippen LogP contribution in [0.4, 0.5) is 0 Å². The second-order valence-electron chi connectivity index (χ2n) is 5.31. The van der Waals surface area contributed by atoms with Gasteiger partial charge in [-0.05, 0) is 39.8 Å². The first-order valence-electron chi connectivity index (χ1n) is 5.88. The molecule has 0 aromatic heterocycles. The Morgan fingerprint density at radius 3 is 1.82 bits per heavy atom. The van der Waals surface area contributed by atoms with Crippen molar-refractivity contribution in [1.82, 2.24) is 5.09 Å². The summed E-state index contributed by atoms with van der Waals surface area (Å²) in [6, 6.07) is 10.1. The molecule has 1 saturated heterocycles. The lowest BCUT2D eigenvalue weighted by Gasteiger charge is -2.24. The monoisotopic (exact) mass is 254 g/mol. The maximum absolute atomic E-state index is 6.26. The van der Waals surface area contributed by atoms with Crippen molar-refractivity contribution in [3.05, 3.63) is 30.3 Å². The fourth-order valence-corrected chi connectivity index (χ4v) is 4.81. The zero-order valence-corrected chi connectivity index (χ0v) is 12.0. The average molecular weight is 254 g/mol. The minimum atomic E-state index is -2.17. The molecule has 0 unspecified atom stereocenters. The molecule has 1 fully saturated rings. The van der Waals surface area contributed by atoms with E-state index in [1.807, 2.05) is 25.2 Å². The summed E-state index contributed by atoms with van der Waals surface area (Å²) in [4.78, 5) is 0. The number of hydrogen-bond acceptors (Lipinski definition) is 3. The van der Waals surface area contributed by atoms with Gasteiger partial charge in [0.05, 0.1) is 0 Å². The van der Waals surface area contributed by atoms with Crippen molar-refractivity contribution in [2.24, 2.45) is 0 Å². The first-order valence-corrected chi connectivity index (χ1v) is 7.51. The Kier molecular flexibility index (Phi) is 3.07. The molecule has 1 N–H and O–H groups in total. The van der Waals surface area contributed by atoms with Crippen LogP contribution >= 0.6 is 7.87 Å². The molecule has 1 heterocycles. The van der Waals surface area contributed by atoms with Gasteiger partial charge in [-0.25, -0.2) is 0 Å². The molecule has 0 aliphatic carbocycles. The maximum atomic E-state index is 6.26. The molecule has 1 aromatic rings. The molecule has 2 rings (SSSR count). The van der Waals surface area contributed by atoms with Crippen molar-refractivity contribution in [3.8, 4) is 0 Å². The van der Waals surface area contributed by atoms with Crippen molar-refractivity contribution in [1.29, 1.82) is 0 Å². The van der Waals surface area contributed by atoms with Crippen molar-refractivity contribution < 1.29 is 9.05 Å². The summed E-state index contributed by atoms with van der Waals surface area (Å²) in [7, 11) is -0.272. The number of hydrogen-bond donors (Lipinski definition) is 1. The summed E-state index contributed by atoms with van der Waals surface area (Å²) in [5, 5.41) is 4.37. The molecular formula is C13H21NO2P+. The molecule has 94 valence electrons. The Balaban J connectivity index is 2.43. The zero-order chi connectivity index (χ0) is 12.7. The third-order valence-corrected chi connectivity index (χ3v) is 6.55. The summed E-state index contributed by atoms with van der Waals surface area (Å²) in [6.45, 7) is 8.31. The predicted molar refractivity (Wildman–Crippen MR) is 72.4 cm³/mol. The van der Waals surface area contributed by atoms with E-state index in [0.717, 1.165) is 5.30 Å². The van der Waals surface area contributed by atoms with E-state index in [0.29, 0.717) is 0 Å². The second kappa shape index (κ2) is 4.03. The van der Waals surface area contributed by atoms with Crippen LogP contribution in [0, 0.1) is 0 Å². The first-order chi connectivity index (χ1) is 7.83. The molecule has 0 amide bonds. The van der Waals surface area contributed by atoms with Gasteiger partial charge in [-0.2, -0.15) is 9.05 Å².